The van der Waals surface area contributed by atoms with Crippen molar-refractivity contribution in [1.29, 1.82) is 0 Å². The molecule has 0 aliphatic carbocycles. The molecular formula is C22H32N4O8S2. The number of aromatic hydroxyl groups is 1. The van der Waals surface area contributed by atoms with E-state index in [2.05, 4.69) is 28.6 Å². The molecule has 36 heavy (non-hydrogen) atoms. The number of hydrogen-bond donors (Lipinski definition) is 8. The maximum Gasteiger partial charge on any atom is 0.326 e. The highest BCUT2D eigenvalue weighted by atomic mass is 32.2. The second kappa shape index (κ2) is 15.9. The van der Waals surface area contributed by atoms with E-state index in [9.17, 15) is 34.2 Å². The maximum atomic E-state index is 13.1. The Kier molecular flexibility index (Phi) is 13.7. The average Bonchev–Trinajstić information content (AvgIpc) is 2.83. The van der Waals surface area contributed by atoms with Crippen LogP contribution >= 0.6 is 24.4 Å². The SMILES string of the molecule is CSCCC(N)C(=O)NC(Cc1ccc(O)cc1)C(=O)NC(CS)C(=O)NC(CCC(=O)O)C(=O)O. The lowest BCUT2D eigenvalue weighted by Crippen LogP contribution is -2.58. The van der Waals surface area contributed by atoms with Crippen LogP contribution in [0, 0.1) is 0 Å². The molecule has 1 aromatic rings. The number of benzene rings is 1. The van der Waals surface area contributed by atoms with Gasteiger partial charge in [-0.1, -0.05) is 12.1 Å². The van der Waals surface area contributed by atoms with Crippen molar-refractivity contribution < 1.29 is 39.3 Å². The molecule has 1 aromatic carbocycles. The number of phenols is 1. The van der Waals surface area contributed by atoms with Gasteiger partial charge in [-0.3, -0.25) is 19.2 Å². The van der Waals surface area contributed by atoms with Crippen LogP contribution in [0.5, 0.6) is 5.75 Å². The Morgan fingerprint density at radius 2 is 1.47 bits per heavy atom. The zero-order chi connectivity index (χ0) is 27.3. The third kappa shape index (κ3) is 11.2. The van der Waals surface area contributed by atoms with Gasteiger partial charge < -0.3 is 37.0 Å². The van der Waals surface area contributed by atoms with Gasteiger partial charge in [0.05, 0.1) is 6.04 Å². The van der Waals surface area contributed by atoms with Gasteiger partial charge in [0, 0.05) is 18.6 Å². The molecule has 0 aromatic heterocycles. The summed E-state index contributed by atoms with van der Waals surface area (Å²) >= 11 is 5.57. The van der Waals surface area contributed by atoms with Crippen molar-refractivity contribution >= 4 is 54.1 Å². The molecule has 14 heteroatoms. The Morgan fingerprint density at radius 3 is 2.00 bits per heavy atom. The van der Waals surface area contributed by atoms with Crippen molar-refractivity contribution in [3.63, 3.8) is 0 Å². The molecule has 8 N–H and O–H groups in total. The summed E-state index contributed by atoms with van der Waals surface area (Å²) < 4.78 is 0. The molecule has 4 unspecified atom stereocenters. The normalized spacial score (nSPS) is 14.1. The van der Waals surface area contributed by atoms with Crippen LogP contribution in [0.25, 0.3) is 0 Å². The number of rotatable bonds is 16. The van der Waals surface area contributed by atoms with E-state index in [1.165, 1.54) is 23.9 Å². The molecule has 0 heterocycles. The quantitative estimate of drug-likeness (QED) is 0.123. The molecule has 0 fully saturated rings. The number of carbonyl (C=O) groups is 5. The molecular weight excluding hydrogens is 512 g/mol. The van der Waals surface area contributed by atoms with Crippen LogP contribution in [-0.4, -0.2) is 86.9 Å². The minimum Gasteiger partial charge on any atom is -0.508 e. The fourth-order valence-electron chi connectivity index (χ4n) is 3.00. The Bertz CT molecular complexity index is 916. The zero-order valence-electron chi connectivity index (χ0n) is 19.7. The molecule has 1 rings (SSSR count). The average molecular weight is 545 g/mol. The summed E-state index contributed by atoms with van der Waals surface area (Å²) in [5.41, 5.74) is 6.52. The number of thioether (sulfide) groups is 1. The molecule has 0 bridgehead atoms. The van der Waals surface area contributed by atoms with Crippen molar-refractivity contribution in [2.24, 2.45) is 5.73 Å². The highest BCUT2D eigenvalue weighted by Crippen LogP contribution is 2.12. The van der Waals surface area contributed by atoms with Gasteiger partial charge in [0.2, 0.25) is 17.7 Å². The van der Waals surface area contributed by atoms with E-state index in [-0.39, 0.29) is 24.3 Å². The van der Waals surface area contributed by atoms with Crippen molar-refractivity contribution in [3.05, 3.63) is 29.8 Å². The lowest BCUT2D eigenvalue weighted by molar-refractivity contribution is -0.143. The van der Waals surface area contributed by atoms with Gasteiger partial charge in [-0.25, -0.2) is 4.79 Å². The van der Waals surface area contributed by atoms with Gasteiger partial charge in [-0.15, -0.1) is 0 Å². The van der Waals surface area contributed by atoms with E-state index in [0.717, 1.165) is 0 Å². The molecule has 0 spiro atoms. The second-order valence-corrected chi connectivity index (χ2v) is 9.25. The van der Waals surface area contributed by atoms with Gasteiger partial charge >= 0.3 is 11.9 Å². The Morgan fingerprint density at radius 1 is 0.917 bits per heavy atom. The predicted octanol–water partition coefficient (Wildman–Crippen LogP) is -0.651. The summed E-state index contributed by atoms with van der Waals surface area (Å²) in [6, 6.07) is 1.23. The summed E-state index contributed by atoms with van der Waals surface area (Å²) in [5, 5.41) is 34.8. The summed E-state index contributed by atoms with van der Waals surface area (Å²) in [4.78, 5) is 60.4. The fraction of sp³-hybridized carbons (Fsp3) is 0.500. The largest absolute Gasteiger partial charge is 0.508 e. The number of phenolic OH excluding ortho intramolecular Hbond substituents is 1. The van der Waals surface area contributed by atoms with Gasteiger partial charge in [-0.2, -0.15) is 24.4 Å². The van der Waals surface area contributed by atoms with Crippen LogP contribution in [0.1, 0.15) is 24.8 Å². The third-order valence-corrected chi connectivity index (χ3v) is 6.07. The van der Waals surface area contributed by atoms with Gasteiger partial charge in [0.15, 0.2) is 0 Å². The molecule has 0 saturated carbocycles. The Balaban J connectivity index is 2.98. The van der Waals surface area contributed by atoms with Crippen molar-refractivity contribution in [2.45, 2.75) is 49.9 Å². The highest BCUT2D eigenvalue weighted by Gasteiger charge is 2.30. The van der Waals surface area contributed by atoms with Crippen LogP contribution in [0.3, 0.4) is 0 Å². The van der Waals surface area contributed by atoms with E-state index in [1.54, 1.807) is 12.1 Å². The lowest BCUT2D eigenvalue weighted by atomic mass is 10.0. The van der Waals surface area contributed by atoms with Crippen LogP contribution < -0.4 is 21.7 Å². The first kappa shape index (κ1) is 31.1. The smallest absolute Gasteiger partial charge is 0.326 e. The maximum absolute atomic E-state index is 13.1. The molecule has 3 amide bonds. The topological polar surface area (TPSA) is 208 Å². The van der Waals surface area contributed by atoms with Gasteiger partial charge in [0.1, 0.15) is 23.9 Å². The van der Waals surface area contributed by atoms with Crippen LogP contribution in [0.15, 0.2) is 24.3 Å². The van der Waals surface area contributed by atoms with Crippen molar-refractivity contribution in [2.75, 3.05) is 17.8 Å². The number of carbonyl (C=O) groups excluding carboxylic acids is 3. The van der Waals surface area contributed by atoms with Gasteiger partial charge in [0.25, 0.3) is 0 Å². The summed E-state index contributed by atoms with van der Waals surface area (Å²) in [5.74, 6) is -4.36. The Hall–Kier alpha value is -2.97. The minimum absolute atomic E-state index is 0.0182. The number of nitrogens with two attached hydrogens (primary N) is 1. The number of aliphatic carboxylic acids is 2. The second-order valence-electron chi connectivity index (χ2n) is 7.90. The summed E-state index contributed by atoms with van der Waals surface area (Å²) in [6.45, 7) is 0. The third-order valence-electron chi connectivity index (χ3n) is 5.06. The monoisotopic (exact) mass is 544 g/mol. The van der Waals surface area contributed by atoms with Crippen LogP contribution in [0.2, 0.25) is 0 Å². The lowest BCUT2D eigenvalue weighted by Gasteiger charge is -2.24. The van der Waals surface area contributed by atoms with Crippen LogP contribution in [-0.2, 0) is 30.4 Å². The van der Waals surface area contributed by atoms with Crippen molar-refractivity contribution in [3.8, 4) is 5.75 Å². The highest BCUT2D eigenvalue weighted by molar-refractivity contribution is 7.98. The molecule has 0 aliphatic rings. The fourth-order valence-corrected chi connectivity index (χ4v) is 3.74. The summed E-state index contributed by atoms with van der Waals surface area (Å²) in [7, 11) is 0. The van der Waals surface area contributed by atoms with Crippen molar-refractivity contribution in [1.82, 2.24) is 16.0 Å². The van der Waals surface area contributed by atoms with E-state index in [1.807, 2.05) is 6.26 Å². The Labute approximate surface area is 218 Å². The first-order valence-electron chi connectivity index (χ1n) is 11.0. The molecule has 0 saturated heterocycles. The number of nitrogens with one attached hydrogen (secondary N) is 3. The van der Waals surface area contributed by atoms with E-state index >= 15 is 0 Å². The first-order valence-corrected chi connectivity index (χ1v) is 13.0. The number of amides is 3. The number of hydrogen-bond acceptors (Lipinski definition) is 9. The number of carboxylic acid groups (broad SMARTS) is 2. The van der Waals surface area contributed by atoms with Crippen LogP contribution in [0.4, 0.5) is 0 Å². The minimum atomic E-state index is -1.48. The zero-order valence-corrected chi connectivity index (χ0v) is 21.4. The first-order chi connectivity index (χ1) is 17.0. The molecule has 200 valence electrons. The van der Waals surface area contributed by atoms with E-state index < -0.39 is 60.2 Å². The molecule has 0 radical (unpaired) electrons. The number of carboxylic acids is 2. The van der Waals surface area contributed by atoms with Gasteiger partial charge in [-0.05, 0) is 42.5 Å². The standard InChI is InChI=1S/C22H32N4O8S2/c1-36-9-8-14(23)19(30)25-16(10-12-2-4-13(27)5-3-12)20(31)26-17(11-35)21(32)24-15(22(33)34)6-7-18(28)29/h2-5,14-17,27,35H,6-11,23H2,1H3,(H,24,32)(H,25,30)(H,26,31)(H,28,29)(H,33,34). The molecule has 4 atom stereocenters. The summed E-state index contributed by atoms with van der Waals surface area (Å²) in [6.07, 6.45) is 1.44. The molecule has 12 nitrogen and oxygen atoms in total. The van der Waals surface area contributed by atoms with E-state index in [0.29, 0.717) is 17.7 Å². The van der Waals surface area contributed by atoms with E-state index in [4.69, 9.17) is 10.8 Å². The number of thiol groups is 1. The molecule has 0 aliphatic heterocycles. The predicted molar refractivity (Wildman–Crippen MR) is 137 cm³/mol.